The molecule has 1 saturated heterocycles. The molecule has 1 aliphatic rings. The second-order valence-electron chi connectivity index (χ2n) is 6.57. The second-order valence-corrected chi connectivity index (χ2v) is 7.43. The van der Waals surface area contributed by atoms with E-state index in [0.717, 1.165) is 54.1 Å². The van der Waals surface area contributed by atoms with E-state index in [-0.39, 0.29) is 6.03 Å². The minimum Gasteiger partial charge on any atom is -0.369 e. The van der Waals surface area contributed by atoms with E-state index in [0.29, 0.717) is 5.92 Å². The smallest absolute Gasteiger partial charge is 0.314 e. The van der Waals surface area contributed by atoms with Gasteiger partial charge in [-0.2, -0.15) is 0 Å². The molecule has 4 rings (SSSR count). The number of carbonyl (C=O) groups excluding carboxylic acids is 1. The number of benzene rings is 1. The lowest BCUT2D eigenvalue weighted by atomic mass is 9.97. The summed E-state index contributed by atoms with van der Waals surface area (Å²) >= 11 is 1.64. The Morgan fingerprint density at radius 2 is 2.00 bits per heavy atom. The highest BCUT2D eigenvalue weighted by Crippen LogP contribution is 2.36. The molecule has 134 valence electrons. The molecule has 3 aromatic rings. The molecule has 3 heterocycles. The van der Waals surface area contributed by atoms with Crippen LogP contribution in [0, 0.1) is 5.92 Å². The molecule has 1 aliphatic heterocycles. The number of hydrogen-bond donors (Lipinski definition) is 2. The SMILES string of the molecule is NC(=O)N1CCC(CNc2ncnc3scc(-c4ccccc4)c23)CC1. The molecule has 1 aromatic carbocycles. The molecule has 6 nitrogen and oxygen atoms in total. The van der Waals surface area contributed by atoms with E-state index < -0.39 is 0 Å². The van der Waals surface area contributed by atoms with Gasteiger partial charge in [-0.15, -0.1) is 11.3 Å². The quantitative estimate of drug-likeness (QED) is 0.738. The zero-order valence-corrected chi connectivity index (χ0v) is 15.2. The van der Waals surface area contributed by atoms with Gasteiger partial charge >= 0.3 is 6.03 Å². The molecule has 0 unspecified atom stereocenters. The van der Waals surface area contributed by atoms with Crippen molar-refractivity contribution in [3.63, 3.8) is 0 Å². The van der Waals surface area contributed by atoms with Crippen molar-refractivity contribution in [3.05, 3.63) is 42.0 Å². The van der Waals surface area contributed by atoms with Crippen molar-refractivity contribution in [2.75, 3.05) is 25.0 Å². The number of thiophene rings is 1. The van der Waals surface area contributed by atoms with E-state index in [1.54, 1.807) is 22.6 Å². The van der Waals surface area contributed by atoms with Gasteiger partial charge in [0.15, 0.2) is 0 Å². The minimum absolute atomic E-state index is 0.320. The number of nitrogens with zero attached hydrogens (tertiary/aromatic N) is 3. The molecule has 0 aliphatic carbocycles. The number of amides is 2. The number of primary amides is 1. The number of piperidine rings is 1. The number of carbonyl (C=O) groups is 1. The van der Waals surface area contributed by atoms with Gasteiger partial charge in [-0.3, -0.25) is 0 Å². The summed E-state index contributed by atoms with van der Waals surface area (Å²) in [5.74, 6) is 1.39. The van der Waals surface area contributed by atoms with Crippen molar-refractivity contribution in [2.45, 2.75) is 12.8 Å². The summed E-state index contributed by atoms with van der Waals surface area (Å²) in [6.45, 7) is 2.30. The van der Waals surface area contributed by atoms with E-state index in [2.05, 4.69) is 32.8 Å². The number of urea groups is 1. The van der Waals surface area contributed by atoms with Gasteiger partial charge in [-0.05, 0) is 24.3 Å². The van der Waals surface area contributed by atoms with Crippen molar-refractivity contribution >= 4 is 33.4 Å². The summed E-state index contributed by atoms with van der Waals surface area (Å²) < 4.78 is 0. The lowest BCUT2D eigenvalue weighted by Gasteiger charge is -2.30. The van der Waals surface area contributed by atoms with Crippen LogP contribution in [0.25, 0.3) is 21.3 Å². The molecule has 0 radical (unpaired) electrons. The van der Waals surface area contributed by atoms with Crippen LogP contribution < -0.4 is 11.1 Å². The lowest BCUT2D eigenvalue weighted by Crippen LogP contribution is -2.42. The van der Waals surface area contributed by atoms with Gasteiger partial charge in [0, 0.05) is 30.6 Å². The van der Waals surface area contributed by atoms with E-state index in [9.17, 15) is 4.79 Å². The number of aromatic nitrogens is 2. The zero-order valence-electron chi connectivity index (χ0n) is 14.4. The molecule has 0 bridgehead atoms. The molecular weight excluding hydrogens is 346 g/mol. The standard InChI is InChI=1S/C19H21N5OS/c20-19(25)24-8-6-13(7-9-24)10-21-17-16-15(14-4-2-1-3-5-14)11-26-18(16)23-12-22-17/h1-5,11-13H,6-10H2,(H2,20,25)(H,21,22,23). The maximum atomic E-state index is 11.2. The third kappa shape index (κ3) is 3.35. The van der Waals surface area contributed by atoms with Crippen LogP contribution >= 0.6 is 11.3 Å². The summed E-state index contributed by atoms with van der Waals surface area (Å²) in [7, 11) is 0. The number of likely N-dealkylation sites (tertiary alicyclic amines) is 1. The number of hydrogen-bond acceptors (Lipinski definition) is 5. The number of rotatable bonds is 4. The third-order valence-electron chi connectivity index (χ3n) is 4.94. The molecule has 0 spiro atoms. The minimum atomic E-state index is -0.320. The summed E-state index contributed by atoms with van der Waals surface area (Å²) in [6, 6.07) is 10.0. The van der Waals surface area contributed by atoms with E-state index in [1.165, 1.54) is 5.56 Å². The Kier molecular flexibility index (Phi) is 4.71. The Balaban J connectivity index is 1.52. The Morgan fingerprint density at radius 1 is 1.23 bits per heavy atom. The fourth-order valence-electron chi connectivity index (χ4n) is 3.44. The fraction of sp³-hybridized carbons (Fsp3) is 0.316. The van der Waals surface area contributed by atoms with Crippen LogP contribution in [0.1, 0.15) is 12.8 Å². The van der Waals surface area contributed by atoms with Crippen molar-refractivity contribution in [1.29, 1.82) is 0 Å². The van der Waals surface area contributed by atoms with Crippen molar-refractivity contribution in [3.8, 4) is 11.1 Å². The number of nitrogens with two attached hydrogens (primary N) is 1. The van der Waals surface area contributed by atoms with Crippen LogP contribution in [0.2, 0.25) is 0 Å². The molecule has 1 fully saturated rings. The maximum Gasteiger partial charge on any atom is 0.314 e. The second kappa shape index (κ2) is 7.29. The number of fused-ring (bicyclic) bond motifs is 1. The van der Waals surface area contributed by atoms with Crippen molar-refractivity contribution in [2.24, 2.45) is 11.7 Å². The Bertz CT molecular complexity index is 903. The predicted molar refractivity (Wildman–Crippen MR) is 105 cm³/mol. The van der Waals surface area contributed by atoms with Crippen LogP contribution in [0.5, 0.6) is 0 Å². The Labute approximate surface area is 156 Å². The summed E-state index contributed by atoms with van der Waals surface area (Å²) in [5, 5.41) is 6.74. The first-order valence-electron chi connectivity index (χ1n) is 8.78. The van der Waals surface area contributed by atoms with Gasteiger partial charge < -0.3 is 16.0 Å². The summed E-state index contributed by atoms with van der Waals surface area (Å²) in [4.78, 5) is 22.9. The first kappa shape index (κ1) is 16.8. The molecular formula is C19H21N5OS. The molecule has 26 heavy (non-hydrogen) atoms. The van der Waals surface area contributed by atoms with Gasteiger partial charge in [-0.1, -0.05) is 30.3 Å². The third-order valence-corrected chi connectivity index (χ3v) is 5.83. The van der Waals surface area contributed by atoms with Gasteiger partial charge in [0.2, 0.25) is 0 Å². The Morgan fingerprint density at radius 3 is 2.73 bits per heavy atom. The molecule has 0 atom stereocenters. The number of anilines is 1. The topological polar surface area (TPSA) is 84.1 Å². The van der Waals surface area contributed by atoms with Gasteiger partial charge in [0.25, 0.3) is 0 Å². The highest BCUT2D eigenvalue weighted by molar-refractivity contribution is 7.17. The van der Waals surface area contributed by atoms with Crippen LogP contribution in [-0.2, 0) is 0 Å². The molecule has 3 N–H and O–H groups in total. The highest BCUT2D eigenvalue weighted by atomic mass is 32.1. The van der Waals surface area contributed by atoms with E-state index >= 15 is 0 Å². The first-order valence-corrected chi connectivity index (χ1v) is 9.66. The molecule has 2 amide bonds. The van der Waals surface area contributed by atoms with Gasteiger partial charge in [0.1, 0.15) is 17.0 Å². The molecule has 7 heteroatoms. The normalized spacial score (nSPS) is 15.3. The average molecular weight is 367 g/mol. The summed E-state index contributed by atoms with van der Waals surface area (Å²) in [6.07, 6.45) is 3.53. The first-order chi connectivity index (χ1) is 12.7. The van der Waals surface area contributed by atoms with E-state index in [4.69, 9.17) is 5.73 Å². The monoisotopic (exact) mass is 367 g/mol. The van der Waals surface area contributed by atoms with Gasteiger partial charge in [-0.25, -0.2) is 14.8 Å². The molecule has 2 aromatic heterocycles. The van der Waals surface area contributed by atoms with Crippen LogP contribution in [-0.4, -0.2) is 40.5 Å². The number of nitrogens with one attached hydrogen (secondary N) is 1. The van der Waals surface area contributed by atoms with Gasteiger partial charge in [0.05, 0.1) is 5.39 Å². The summed E-state index contributed by atoms with van der Waals surface area (Å²) in [5.41, 5.74) is 7.69. The van der Waals surface area contributed by atoms with Crippen LogP contribution in [0.4, 0.5) is 10.6 Å². The average Bonchev–Trinajstić information content (AvgIpc) is 3.12. The predicted octanol–water partition coefficient (Wildman–Crippen LogP) is 3.56. The lowest BCUT2D eigenvalue weighted by molar-refractivity contribution is 0.181. The van der Waals surface area contributed by atoms with Crippen molar-refractivity contribution in [1.82, 2.24) is 14.9 Å². The largest absolute Gasteiger partial charge is 0.369 e. The van der Waals surface area contributed by atoms with Crippen LogP contribution in [0.3, 0.4) is 0 Å². The maximum absolute atomic E-state index is 11.2. The fourth-order valence-corrected chi connectivity index (χ4v) is 4.35. The Hall–Kier alpha value is -2.67. The molecule has 0 saturated carbocycles. The van der Waals surface area contributed by atoms with Crippen LogP contribution in [0.15, 0.2) is 42.0 Å². The highest BCUT2D eigenvalue weighted by Gasteiger charge is 2.21. The zero-order chi connectivity index (χ0) is 17.9. The van der Waals surface area contributed by atoms with E-state index in [1.807, 2.05) is 18.2 Å². The van der Waals surface area contributed by atoms with Crippen molar-refractivity contribution < 1.29 is 4.79 Å².